The minimum absolute atomic E-state index is 0.0744. The minimum atomic E-state index is -4.54. The fourth-order valence-electron chi connectivity index (χ4n) is 2.46. The molecule has 2 rings (SSSR count). The molecule has 3 nitrogen and oxygen atoms in total. The summed E-state index contributed by atoms with van der Waals surface area (Å²) in [4.78, 5) is 5.75. The summed E-state index contributed by atoms with van der Waals surface area (Å²) in [5, 5.41) is 3.61. The van der Waals surface area contributed by atoms with E-state index in [-0.39, 0.29) is 32.3 Å². The van der Waals surface area contributed by atoms with E-state index in [4.69, 9.17) is 34.8 Å². The van der Waals surface area contributed by atoms with Crippen molar-refractivity contribution in [3.63, 3.8) is 0 Å². The van der Waals surface area contributed by atoms with Gasteiger partial charge in [-0.15, -0.1) is 0 Å². The molecule has 0 fully saturated rings. The lowest BCUT2D eigenvalue weighted by molar-refractivity contribution is -0.141. The van der Waals surface area contributed by atoms with Crippen molar-refractivity contribution in [3.8, 4) is 0 Å². The van der Waals surface area contributed by atoms with E-state index in [2.05, 4.69) is 17.2 Å². The number of nitrogens with zero attached hydrogens (tertiary/aromatic N) is 2. The minimum Gasteiger partial charge on any atom is -0.329 e. The van der Waals surface area contributed by atoms with E-state index < -0.39 is 11.9 Å². The zero-order valence-electron chi connectivity index (χ0n) is 14.8. The first-order chi connectivity index (χ1) is 12.6. The van der Waals surface area contributed by atoms with Crippen LogP contribution in [0.1, 0.15) is 36.8 Å². The molecule has 2 aromatic rings. The maximum absolute atomic E-state index is 13.4. The van der Waals surface area contributed by atoms with E-state index in [1.54, 1.807) is 7.05 Å². The van der Waals surface area contributed by atoms with Crippen molar-refractivity contribution in [2.24, 2.45) is 0 Å². The molecular formula is C17H19Cl3F3N3S. The summed E-state index contributed by atoms with van der Waals surface area (Å²) >= 11 is 19.0. The number of nitrogens with one attached hydrogen (secondary N) is 1. The third kappa shape index (κ3) is 6.39. The molecule has 1 heterocycles. The number of anilines is 2. The number of halogens is 6. The van der Waals surface area contributed by atoms with Crippen LogP contribution in [0.5, 0.6) is 0 Å². The van der Waals surface area contributed by atoms with Gasteiger partial charge in [-0.3, -0.25) is 0 Å². The van der Waals surface area contributed by atoms with Gasteiger partial charge in [0.2, 0.25) is 0 Å². The van der Waals surface area contributed by atoms with Gasteiger partial charge in [0.05, 0.1) is 20.6 Å². The van der Waals surface area contributed by atoms with Gasteiger partial charge in [0.15, 0.2) is 10.8 Å². The normalized spacial score (nSPS) is 12.0. The van der Waals surface area contributed by atoms with Crippen molar-refractivity contribution in [2.45, 2.75) is 38.9 Å². The van der Waals surface area contributed by atoms with Crippen molar-refractivity contribution in [1.82, 2.24) is 9.88 Å². The van der Waals surface area contributed by atoms with Crippen molar-refractivity contribution in [3.05, 3.63) is 37.8 Å². The molecule has 0 amide bonds. The molecule has 1 aromatic heterocycles. The summed E-state index contributed by atoms with van der Waals surface area (Å²) in [6, 6.07) is 2.91. The van der Waals surface area contributed by atoms with Crippen molar-refractivity contribution < 1.29 is 13.2 Å². The monoisotopic (exact) mass is 459 g/mol. The molecule has 0 atom stereocenters. The highest BCUT2D eigenvalue weighted by Crippen LogP contribution is 2.40. The molecule has 0 saturated heterocycles. The van der Waals surface area contributed by atoms with Gasteiger partial charge in [0.25, 0.3) is 0 Å². The first-order valence-electron chi connectivity index (χ1n) is 8.28. The second-order valence-electron chi connectivity index (χ2n) is 6.10. The molecule has 27 heavy (non-hydrogen) atoms. The number of hydrogen-bond acceptors (Lipinski definition) is 4. The van der Waals surface area contributed by atoms with E-state index >= 15 is 0 Å². The molecule has 10 heteroatoms. The Morgan fingerprint density at radius 2 is 1.78 bits per heavy atom. The highest BCUT2D eigenvalue weighted by atomic mass is 35.5. The molecule has 1 N–H and O–H groups in total. The number of alkyl halides is 3. The summed E-state index contributed by atoms with van der Waals surface area (Å²) in [6.07, 6.45) is -1.50. The maximum atomic E-state index is 13.4. The quantitative estimate of drug-likeness (QED) is 0.414. The first-order valence-corrected chi connectivity index (χ1v) is 10.2. The molecule has 1 aromatic carbocycles. The van der Waals surface area contributed by atoms with Gasteiger partial charge in [0.1, 0.15) is 0 Å². The Bertz CT molecular complexity index is 758. The molecule has 0 radical (unpaired) electrons. The van der Waals surface area contributed by atoms with Gasteiger partial charge >= 0.3 is 6.18 Å². The summed E-state index contributed by atoms with van der Waals surface area (Å²) in [5.41, 5.74) is -0.619. The first kappa shape index (κ1) is 22.6. The lowest BCUT2D eigenvalue weighted by atomic mass is 10.2. The average Bonchev–Trinajstić information content (AvgIpc) is 2.94. The lowest BCUT2D eigenvalue weighted by Gasteiger charge is -2.16. The van der Waals surface area contributed by atoms with Gasteiger partial charge < -0.3 is 10.2 Å². The third-order valence-electron chi connectivity index (χ3n) is 3.76. The highest BCUT2D eigenvalue weighted by Gasteiger charge is 2.37. The van der Waals surface area contributed by atoms with Crippen LogP contribution in [-0.2, 0) is 12.7 Å². The van der Waals surface area contributed by atoms with E-state index in [0.29, 0.717) is 5.02 Å². The Morgan fingerprint density at radius 3 is 2.33 bits per heavy atom. The van der Waals surface area contributed by atoms with E-state index in [0.717, 1.165) is 37.1 Å². The second kappa shape index (κ2) is 9.65. The number of unbranched alkanes of at least 4 members (excludes halogenated alkanes) is 2. The predicted molar refractivity (Wildman–Crippen MR) is 108 cm³/mol. The van der Waals surface area contributed by atoms with Crippen LogP contribution in [-0.4, -0.2) is 23.5 Å². The molecule has 0 saturated carbocycles. The van der Waals surface area contributed by atoms with Crippen LogP contribution in [0.3, 0.4) is 0 Å². The highest BCUT2D eigenvalue weighted by molar-refractivity contribution is 7.15. The summed E-state index contributed by atoms with van der Waals surface area (Å²) in [5.74, 6) is 0. The van der Waals surface area contributed by atoms with E-state index in [9.17, 15) is 13.2 Å². The Kier molecular flexibility index (Phi) is 8.06. The van der Waals surface area contributed by atoms with Gasteiger partial charge in [-0.2, -0.15) is 13.2 Å². The molecule has 0 aliphatic carbocycles. The Labute approximate surface area is 175 Å². The molecule has 0 spiro atoms. The van der Waals surface area contributed by atoms with Gasteiger partial charge in [-0.1, -0.05) is 65.9 Å². The molecular weight excluding hydrogens is 442 g/mol. The molecule has 0 aliphatic heterocycles. The maximum Gasteiger partial charge on any atom is 0.434 e. The second-order valence-corrected chi connectivity index (χ2v) is 8.44. The van der Waals surface area contributed by atoms with Gasteiger partial charge in [0, 0.05) is 11.6 Å². The number of aromatic nitrogens is 1. The molecule has 0 unspecified atom stereocenters. The number of rotatable bonds is 8. The van der Waals surface area contributed by atoms with Crippen molar-refractivity contribution >= 4 is 57.0 Å². The molecule has 150 valence electrons. The lowest BCUT2D eigenvalue weighted by Crippen LogP contribution is -2.20. The van der Waals surface area contributed by atoms with Crippen LogP contribution >= 0.6 is 46.1 Å². The fraction of sp³-hybridized carbons (Fsp3) is 0.471. The Balaban J connectivity index is 2.25. The van der Waals surface area contributed by atoms with Crippen LogP contribution < -0.4 is 5.32 Å². The van der Waals surface area contributed by atoms with Crippen LogP contribution in [0.4, 0.5) is 24.0 Å². The topological polar surface area (TPSA) is 28.2 Å². The molecule has 0 aliphatic rings. The Hall–Kier alpha value is -0.730. The van der Waals surface area contributed by atoms with Crippen molar-refractivity contribution in [1.29, 1.82) is 0 Å². The molecule has 0 bridgehead atoms. The fourth-order valence-corrected chi connectivity index (χ4v) is 4.44. The predicted octanol–water partition coefficient (Wildman–Crippen LogP) is 7.49. The van der Waals surface area contributed by atoms with Crippen LogP contribution in [0.2, 0.25) is 15.1 Å². The number of benzene rings is 1. The smallest absolute Gasteiger partial charge is 0.329 e. The van der Waals surface area contributed by atoms with E-state index in [1.807, 2.05) is 4.90 Å². The van der Waals surface area contributed by atoms with Crippen molar-refractivity contribution in [2.75, 3.05) is 18.9 Å². The Morgan fingerprint density at radius 1 is 1.15 bits per heavy atom. The summed E-state index contributed by atoms with van der Waals surface area (Å²) in [7, 11) is 1.80. The SMILES string of the molecule is CCCCCN(C)Cc1sc(Nc2c(Cl)cc(Cl)cc2Cl)nc1C(F)(F)F. The summed E-state index contributed by atoms with van der Waals surface area (Å²) < 4.78 is 40.2. The third-order valence-corrected chi connectivity index (χ3v) is 5.53. The number of thiazole rings is 1. The largest absolute Gasteiger partial charge is 0.434 e. The summed E-state index contributed by atoms with van der Waals surface area (Å²) in [6.45, 7) is 2.97. The van der Waals surface area contributed by atoms with E-state index in [1.165, 1.54) is 12.1 Å². The average molecular weight is 461 g/mol. The zero-order chi connectivity index (χ0) is 20.2. The van der Waals surface area contributed by atoms with Gasteiger partial charge in [-0.05, 0) is 32.1 Å². The van der Waals surface area contributed by atoms with Gasteiger partial charge in [-0.25, -0.2) is 4.98 Å². The standard InChI is InChI=1S/C17H19Cl3F3N3S/c1-3-4-5-6-26(2)9-13-15(17(21,22)23)25-16(27-13)24-14-11(19)7-10(18)8-12(14)20/h7-8H,3-6,9H2,1-2H3,(H,24,25). The van der Waals surface area contributed by atoms with Crippen LogP contribution in [0.25, 0.3) is 0 Å². The van der Waals surface area contributed by atoms with Crippen LogP contribution in [0.15, 0.2) is 12.1 Å². The zero-order valence-corrected chi connectivity index (χ0v) is 17.8. The van der Waals surface area contributed by atoms with Crippen LogP contribution in [0, 0.1) is 0 Å². The number of hydrogen-bond donors (Lipinski definition) is 1.